The number of likely N-dealkylation sites (tertiary alicyclic amines) is 1. The highest BCUT2D eigenvalue weighted by Crippen LogP contribution is 2.27. The van der Waals surface area contributed by atoms with Gasteiger partial charge in [-0.15, -0.1) is 11.3 Å². The average molecular weight is 586 g/mol. The zero-order valence-corrected chi connectivity index (χ0v) is 24.3. The van der Waals surface area contributed by atoms with E-state index in [1.807, 2.05) is 29.9 Å². The highest BCUT2D eigenvalue weighted by atomic mass is 32.1. The number of ether oxygens (including phenoxy) is 3. The molecule has 4 heterocycles. The Kier molecular flexibility index (Phi) is 12.7. The number of thiophene rings is 1. The number of aromatic amines is 1. The van der Waals surface area contributed by atoms with Crippen LogP contribution in [0, 0.1) is 0 Å². The summed E-state index contributed by atoms with van der Waals surface area (Å²) in [5.74, 6) is 1.44. The number of carbonyl (C=O) groups excluding carboxylic acids is 1. The molecule has 0 bridgehead atoms. The molecule has 1 amide bonds. The van der Waals surface area contributed by atoms with E-state index in [-0.39, 0.29) is 17.4 Å². The summed E-state index contributed by atoms with van der Waals surface area (Å²) in [6.45, 7) is 8.06. The lowest BCUT2D eigenvalue weighted by molar-refractivity contribution is -0.119. The predicted octanol–water partition coefficient (Wildman–Crippen LogP) is 2.27. The first-order valence-electron chi connectivity index (χ1n) is 14.0. The molecule has 13 heteroatoms. The fourth-order valence-corrected chi connectivity index (χ4v) is 5.19. The molecule has 3 N–H and O–H groups in total. The van der Waals surface area contributed by atoms with Crippen molar-refractivity contribution < 1.29 is 19.0 Å². The highest BCUT2D eigenvalue weighted by molar-refractivity contribution is 7.13. The van der Waals surface area contributed by atoms with Crippen molar-refractivity contribution >= 4 is 23.2 Å². The van der Waals surface area contributed by atoms with Gasteiger partial charge in [-0.1, -0.05) is 6.07 Å². The number of H-pyrrole nitrogens is 1. The lowest BCUT2D eigenvalue weighted by Crippen LogP contribution is -2.35. The average Bonchev–Trinajstić information content (AvgIpc) is 3.51. The second-order valence-corrected chi connectivity index (χ2v) is 10.7. The number of nitrogens with one attached hydrogen (secondary N) is 3. The van der Waals surface area contributed by atoms with Crippen molar-refractivity contribution in [2.75, 3.05) is 71.1 Å². The molecule has 222 valence electrons. The largest absolute Gasteiger partial charge is 0.377 e. The Bertz CT molecular complexity index is 1240. The van der Waals surface area contributed by atoms with Crippen LogP contribution in [-0.2, 0) is 25.5 Å². The van der Waals surface area contributed by atoms with E-state index in [1.54, 1.807) is 17.4 Å². The van der Waals surface area contributed by atoms with E-state index in [4.69, 9.17) is 19.2 Å². The molecule has 4 rings (SSSR count). The van der Waals surface area contributed by atoms with E-state index in [0.717, 1.165) is 54.4 Å². The van der Waals surface area contributed by atoms with Gasteiger partial charge in [0.15, 0.2) is 0 Å². The SMILES string of the molecule is CC(=O)NCCOCCOCCOCCNc1ncc(CN2CCCC(c3nc(-c4cccs4)cc(=O)[nH]3)C2)cn1. The molecule has 1 unspecified atom stereocenters. The van der Waals surface area contributed by atoms with Gasteiger partial charge in [0.25, 0.3) is 5.56 Å². The lowest BCUT2D eigenvalue weighted by Gasteiger charge is -2.32. The number of hydrogen-bond acceptors (Lipinski definition) is 11. The first-order chi connectivity index (χ1) is 20.1. The van der Waals surface area contributed by atoms with Crippen LogP contribution < -0.4 is 16.2 Å². The summed E-state index contributed by atoms with van der Waals surface area (Å²) in [5, 5.41) is 7.83. The van der Waals surface area contributed by atoms with Crippen molar-refractivity contribution in [3.8, 4) is 10.6 Å². The van der Waals surface area contributed by atoms with Crippen molar-refractivity contribution in [2.45, 2.75) is 32.2 Å². The van der Waals surface area contributed by atoms with Gasteiger partial charge in [0.05, 0.1) is 50.2 Å². The number of rotatable bonds is 17. The second-order valence-electron chi connectivity index (χ2n) is 9.73. The molecular weight excluding hydrogens is 546 g/mol. The zero-order chi connectivity index (χ0) is 28.7. The number of piperidine rings is 1. The number of hydrogen-bond donors (Lipinski definition) is 3. The van der Waals surface area contributed by atoms with E-state index in [2.05, 4.69) is 30.5 Å². The van der Waals surface area contributed by atoms with Crippen molar-refractivity contribution in [3.63, 3.8) is 0 Å². The van der Waals surface area contributed by atoms with E-state index >= 15 is 0 Å². The summed E-state index contributed by atoms with van der Waals surface area (Å²) in [7, 11) is 0. The Labute approximate surface area is 243 Å². The molecule has 1 atom stereocenters. The van der Waals surface area contributed by atoms with E-state index in [9.17, 15) is 9.59 Å². The third kappa shape index (κ3) is 10.9. The number of nitrogens with zero attached hydrogens (tertiary/aromatic N) is 4. The summed E-state index contributed by atoms with van der Waals surface area (Å²) in [6.07, 6.45) is 5.74. The molecule has 12 nitrogen and oxygen atoms in total. The molecule has 0 radical (unpaired) electrons. The first-order valence-corrected chi connectivity index (χ1v) is 14.8. The number of anilines is 1. The molecule has 41 heavy (non-hydrogen) atoms. The van der Waals surface area contributed by atoms with Gasteiger partial charge < -0.3 is 29.8 Å². The Balaban J connectivity index is 1.10. The van der Waals surface area contributed by atoms with Gasteiger partial charge in [0, 0.05) is 63.0 Å². The molecule has 0 aromatic carbocycles. The maximum Gasteiger partial charge on any atom is 0.251 e. The molecule has 1 aliphatic heterocycles. The molecule has 1 aliphatic rings. The molecule has 1 saturated heterocycles. The number of carbonyl (C=O) groups is 1. The third-order valence-electron chi connectivity index (χ3n) is 6.43. The van der Waals surface area contributed by atoms with E-state index in [1.165, 1.54) is 6.92 Å². The highest BCUT2D eigenvalue weighted by Gasteiger charge is 2.24. The smallest absolute Gasteiger partial charge is 0.251 e. The number of amides is 1. The second kappa shape index (κ2) is 16.9. The number of aromatic nitrogens is 4. The maximum absolute atomic E-state index is 12.3. The lowest BCUT2D eigenvalue weighted by atomic mass is 9.96. The van der Waals surface area contributed by atoms with Crippen LogP contribution in [0.25, 0.3) is 10.6 Å². The van der Waals surface area contributed by atoms with Crippen molar-refractivity contribution in [2.24, 2.45) is 0 Å². The quantitative estimate of drug-likeness (QED) is 0.202. The Hall–Kier alpha value is -3.23. The zero-order valence-electron chi connectivity index (χ0n) is 23.5. The van der Waals surface area contributed by atoms with Crippen LogP contribution in [0.2, 0.25) is 0 Å². The topological polar surface area (TPSA) is 144 Å². The van der Waals surface area contributed by atoms with Gasteiger partial charge >= 0.3 is 0 Å². The minimum Gasteiger partial charge on any atom is -0.377 e. The third-order valence-corrected chi connectivity index (χ3v) is 7.32. The summed E-state index contributed by atoms with van der Waals surface area (Å²) < 4.78 is 16.4. The van der Waals surface area contributed by atoms with Crippen molar-refractivity contribution in [1.82, 2.24) is 30.2 Å². The Morgan fingerprint density at radius 2 is 1.83 bits per heavy atom. The fourth-order valence-electron chi connectivity index (χ4n) is 4.50. The Morgan fingerprint density at radius 3 is 2.54 bits per heavy atom. The minimum absolute atomic E-state index is 0.0616. The molecule has 3 aromatic rings. The maximum atomic E-state index is 12.3. The van der Waals surface area contributed by atoms with E-state index < -0.39 is 0 Å². The minimum atomic E-state index is -0.108. The summed E-state index contributed by atoms with van der Waals surface area (Å²) in [6, 6.07) is 5.53. The van der Waals surface area contributed by atoms with Crippen LogP contribution in [0.5, 0.6) is 0 Å². The molecule has 3 aromatic heterocycles. The van der Waals surface area contributed by atoms with Crippen LogP contribution in [0.15, 0.2) is 40.8 Å². The first kappa shape index (κ1) is 30.7. The van der Waals surface area contributed by atoms with Crippen molar-refractivity contribution in [1.29, 1.82) is 0 Å². The predicted molar refractivity (Wildman–Crippen MR) is 157 cm³/mol. The standard InChI is InChI=1S/C28H39N7O5S/c1-21(36)29-6-9-38-11-13-40-14-12-39-10-7-30-28-31-17-22(18-32-28)19-35-8-2-4-23(20-35)27-33-24(16-26(37)34-27)25-5-3-15-41-25/h3,5,15-18,23H,2,4,6-14,19-20H2,1H3,(H,29,36)(H,30,31,32)(H,33,34,37). The van der Waals surface area contributed by atoms with Crippen molar-refractivity contribution in [3.05, 3.63) is 57.7 Å². The molecule has 0 aliphatic carbocycles. The monoisotopic (exact) mass is 585 g/mol. The van der Waals surface area contributed by atoms with E-state index in [0.29, 0.717) is 58.7 Å². The van der Waals surface area contributed by atoms with Gasteiger partial charge in [-0.25, -0.2) is 15.0 Å². The molecular formula is C28H39N7O5S. The van der Waals surface area contributed by atoms with Gasteiger partial charge in [0.2, 0.25) is 11.9 Å². The fraction of sp³-hybridized carbons (Fsp3) is 0.536. The van der Waals surface area contributed by atoms with Crippen LogP contribution in [0.3, 0.4) is 0 Å². The van der Waals surface area contributed by atoms with Gasteiger partial charge in [0.1, 0.15) is 5.82 Å². The normalized spacial score (nSPS) is 15.6. The van der Waals surface area contributed by atoms with Crippen LogP contribution >= 0.6 is 11.3 Å². The van der Waals surface area contributed by atoms with Gasteiger partial charge in [-0.2, -0.15) is 0 Å². The van der Waals surface area contributed by atoms with Crippen LogP contribution in [0.1, 0.15) is 37.1 Å². The summed E-state index contributed by atoms with van der Waals surface area (Å²) >= 11 is 1.59. The summed E-state index contributed by atoms with van der Waals surface area (Å²) in [4.78, 5) is 43.1. The molecule has 0 spiro atoms. The molecule has 0 saturated carbocycles. The van der Waals surface area contributed by atoms with Crippen LogP contribution in [-0.4, -0.2) is 96.6 Å². The van der Waals surface area contributed by atoms with Gasteiger partial charge in [-0.3, -0.25) is 14.5 Å². The van der Waals surface area contributed by atoms with Gasteiger partial charge in [-0.05, 0) is 30.8 Å². The Morgan fingerprint density at radius 1 is 1.10 bits per heavy atom. The van der Waals surface area contributed by atoms with Crippen LogP contribution in [0.4, 0.5) is 5.95 Å². The molecule has 1 fully saturated rings. The summed E-state index contributed by atoms with van der Waals surface area (Å²) in [5.41, 5.74) is 1.67.